The Morgan fingerprint density at radius 3 is 2.75 bits per heavy atom. The van der Waals surface area contributed by atoms with Crippen molar-refractivity contribution >= 4 is 17.3 Å². The summed E-state index contributed by atoms with van der Waals surface area (Å²) in [7, 11) is 1.39. The van der Waals surface area contributed by atoms with Gasteiger partial charge in [-0.25, -0.2) is 0 Å². The Balaban J connectivity index is 2.04. The van der Waals surface area contributed by atoms with Gasteiger partial charge in [0.15, 0.2) is 18.1 Å². The zero-order chi connectivity index (χ0) is 17.5. The highest BCUT2D eigenvalue weighted by Crippen LogP contribution is 2.31. The highest BCUT2D eigenvalue weighted by atomic mass is 16.6. The zero-order valence-corrected chi connectivity index (χ0v) is 12.7. The minimum Gasteiger partial charge on any atom is -0.493 e. The van der Waals surface area contributed by atoms with Gasteiger partial charge in [-0.3, -0.25) is 14.9 Å². The molecule has 122 valence electrons. The number of ether oxygens (including phenoxy) is 2. The topological polar surface area (TPSA) is 114 Å². The summed E-state index contributed by atoms with van der Waals surface area (Å²) < 4.78 is 10.3. The van der Waals surface area contributed by atoms with Crippen LogP contribution in [0.15, 0.2) is 42.5 Å². The summed E-state index contributed by atoms with van der Waals surface area (Å²) in [5.41, 5.74) is 0.690. The van der Waals surface area contributed by atoms with Gasteiger partial charge in [-0.1, -0.05) is 6.07 Å². The third-order valence-electron chi connectivity index (χ3n) is 2.99. The average molecular weight is 327 g/mol. The number of nitrogens with zero attached hydrogens (tertiary/aromatic N) is 2. The van der Waals surface area contributed by atoms with E-state index in [4.69, 9.17) is 14.7 Å². The molecule has 1 amide bonds. The summed E-state index contributed by atoms with van der Waals surface area (Å²) in [6, 6.07) is 12.2. The second-order valence-electron chi connectivity index (χ2n) is 4.62. The van der Waals surface area contributed by atoms with E-state index in [1.807, 2.05) is 6.07 Å². The first-order valence-corrected chi connectivity index (χ1v) is 6.78. The standard InChI is InChI=1S/C16H13N3O5/c1-23-14-6-5-13(19(21)22)8-15(14)24-10-16(20)18-12-4-2-3-11(7-12)9-17/h2-8H,10H2,1H3,(H,18,20). The summed E-state index contributed by atoms with van der Waals surface area (Å²) in [4.78, 5) is 22.1. The molecule has 24 heavy (non-hydrogen) atoms. The van der Waals surface area contributed by atoms with Crippen molar-refractivity contribution in [1.29, 1.82) is 5.26 Å². The van der Waals surface area contributed by atoms with Crippen molar-refractivity contribution in [1.82, 2.24) is 0 Å². The predicted molar refractivity (Wildman–Crippen MR) is 84.9 cm³/mol. The van der Waals surface area contributed by atoms with E-state index >= 15 is 0 Å². The summed E-state index contributed by atoms with van der Waals surface area (Å²) >= 11 is 0. The lowest BCUT2D eigenvalue weighted by molar-refractivity contribution is -0.385. The fourth-order valence-corrected chi connectivity index (χ4v) is 1.90. The maximum Gasteiger partial charge on any atom is 0.273 e. The summed E-state index contributed by atoms with van der Waals surface area (Å²) in [5, 5.41) is 22.2. The van der Waals surface area contributed by atoms with Crippen LogP contribution in [-0.4, -0.2) is 24.5 Å². The smallest absolute Gasteiger partial charge is 0.273 e. The molecular formula is C16H13N3O5. The molecule has 0 spiro atoms. The minimum absolute atomic E-state index is 0.0904. The van der Waals surface area contributed by atoms with Crippen LogP contribution in [0, 0.1) is 21.4 Å². The van der Waals surface area contributed by atoms with Crippen LogP contribution in [0.4, 0.5) is 11.4 Å². The number of methoxy groups -OCH3 is 1. The van der Waals surface area contributed by atoms with Gasteiger partial charge in [0, 0.05) is 11.8 Å². The quantitative estimate of drug-likeness (QED) is 0.644. The number of benzene rings is 2. The number of carbonyl (C=O) groups excluding carboxylic acids is 1. The first kappa shape index (κ1) is 16.8. The van der Waals surface area contributed by atoms with Crippen LogP contribution in [0.3, 0.4) is 0 Å². The summed E-state index contributed by atoms with van der Waals surface area (Å²) in [6.07, 6.45) is 0. The zero-order valence-electron chi connectivity index (χ0n) is 12.7. The molecule has 2 rings (SSSR count). The van der Waals surface area contributed by atoms with Gasteiger partial charge in [0.05, 0.1) is 29.7 Å². The summed E-state index contributed by atoms with van der Waals surface area (Å²) in [5.74, 6) is -0.105. The van der Waals surface area contributed by atoms with Gasteiger partial charge >= 0.3 is 0 Å². The van der Waals surface area contributed by atoms with Crippen LogP contribution >= 0.6 is 0 Å². The molecule has 0 unspecified atom stereocenters. The normalized spacial score (nSPS) is 9.67. The number of non-ortho nitro benzene ring substituents is 1. The number of nitriles is 1. The number of nitro groups is 1. The number of nitrogens with one attached hydrogen (secondary N) is 1. The predicted octanol–water partition coefficient (Wildman–Crippen LogP) is 2.49. The third-order valence-corrected chi connectivity index (χ3v) is 2.99. The van der Waals surface area contributed by atoms with E-state index in [-0.39, 0.29) is 23.8 Å². The van der Waals surface area contributed by atoms with Crippen molar-refractivity contribution in [3.8, 4) is 17.6 Å². The van der Waals surface area contributed by atoms with Gasteiger partial charge in [0.2, 0.25) is 0 Å². The molecule has 0 radical (unpaired) electrons. The Kier molecular flexibility index (Phi) is 5.31. The van der Waals surface area contributed by atoms with Crippen molar-refractivity contribution in [3.05, 3.63) is 58.1 Å². The lowest BCUT2D eigenvalue weighted by atomic mass is 10.2. The second kappa shape index (κ2) is 7.60. The van der Waals surface area contributed by atoms with E-state index in [1.165, 1.54) is 31.4 Å². The van der Waals surface area contributed by atoms with E-state index in [9.17, 15) is 14.9 Å². The van der Waals surface area contributed by atoms with Crippen LogP contribution < -0.4 is 14.8 Å². The monoisotopic (exact) mass is 327 g/mol. The molecule has 0 aliphatic carbocycles. The van der Waals surface area contributed by atoms with Gasteiger partial charge in [-0.2, -0.15) is 5.26 Å². The van der Waals surface area contributed by atoms with Crippen LogP contribution in [0.25, 0.3) is 0 Å². The number of carbonyl (C=O) groups is 1. The number of anilines is 1. The van der Waals surface area contributed by atoms with Gasteiger partial charge in [-0.05, 0) is 24.3 Å². The average Bonchev–Trinajstić information content (AvgIpc) is 2.59. The third kappa shape index (κ3) is 4.20. The van der Waals surface area contributed by atoms with Gasteiger partial charge in [0.1, 0.15) is 0 Å². The van der Waals surface area contributed by atoms with Crippen LogP contribution in [0.1, 0.15) is 5.56 Å². The van der Waals surface area contributed by atoms with Crippen LogP contribution in [0.5, 0.6) is 11.5 Å². The van der Waals surface area contributed by atoms with E-state index in [0.29, 0.717) is 11.3 Å². The van der Waals surface area contributed by atoms with Gasteiger partial charge in [0.25, 0.3) is 11.6 Å². The Labute approximate surface area is 137 Å². The molecule has 0 aromatic heterocycles. The van der Waals surface area contributed by atoms with E-state index in [1.54, 1.807) is 18.2 Å². The minimum atomic E-state index is -0.570. The molecule has 0 saturated carbocycles. The first-order valence-electron chi connectivity index (χ1n) is 6.78. The first-order chi connectivity index (χ1) is 11.5. The number of rotatable bonds is 6. The fourth-order valence-electron chi connectivity index (χ4n) is 1.90. The van der Waals surface area contributed by atoms with Crippen molar-refractivity contribution in [3.63, 3.8) is 0 Å². The molecule has 8 heteroatoms. The Morgan fingerprint density at radius 2 is 2.08 bits per heavy atom. The van der Waals surface area contributed by atoms with Crippen molar-refractivity contribution in [2.24, 2.45) is 0 Å². The molecule has 0 atom stereocenters. The molecule has 2 aromatic carbocycles. The Morgan fingerprint density at radius 1 is 1.29 bits per heavy atom. The van der Waals surface area contributed by atoms with Gasteiger partial charge < -0.3 is 14.8 Å². The summed E-state index contributed by atoms with van der Waals surface area (Å²) in [6.45, 7) is -0.367. The molecule has 0 fully saturated rings. The number of hydrogen-bond acceptors (Lipinski definition) is 6. The molecule has 0 heterocycles. The molecule has 1 N–H and O–H groups in total. The van der Waals surface area contributed by atoms with E-state index in [0.717, 1.165) is 0 Å². The Bertz CT molecular complexity index is 814. The number of hydrogen-bond donors (Lipinski definition) is 1. The highest BCUT2D eigenvalue weighted by Gasteiger charge is 2.14. The number of amides is 1. The lowest BCUT2D eigenvalue weighted by Gasteiger charge is -2.10. The molecule has 2 aromatic rings. The molecule has 8 nitrogen and oxygen atoms in total. The maximum absolute atomic E-state index is 11.9. The van der Waals surface area contributed by atoms with E-state index < -0.39 is 10.8 Å². The Hall–Kier alpha value is -3.60. The molecule has 0 aliphatic rings. The van der Waals surface area contributed by atoms with E-state index in [2.05, 4.69) is 5.32 Å². The number of nitro benzene ring substituents is 1. The lowest BCUT2D eigenvalue weighted by Crippen LogP contribution is -2.20. The molecule has 0 bridgehead atoms. The van der Waals surface area contributed by atoms with Crippen LogP contribution in [-0.2, 0) is 4.79 Å². The largest absolute Gasteiger partial charge is 0.493 e. The van der Waals surface area contributed by atoms with Crippen molar-refractivity contribution < 1.29 is 19.2 Å². The molecule has 0 aliphatic heterocycles. The van der Waals surface area contributed by atoms with Crippen molar-refractivity contribution in [2.75, 3.05) is 19.0 Å². The van der Waals surface area contributed by atoms with Gasteiger partial charge in [-0.15, -0.1) is 0 Å². The molecular weight excluding hydrogens is 314 g/mol. The molecule has 0 saturated heterocycles. The maximum atomic E-state index is 11.9. The van der Waals surface area contributed by atoms with Crippen LogP contribution in [0.2, 0.25) is 0 Å². The second-order valence-corrected chi connectivity index (χ2v) is 4.62. The fraction of sp³-hybridized carbons (Fsp3) is 0.125. The SMILES string of the molecule is COc1ccc([N+](=O)[O-])cc1OCC(=O)Nc1cccc(C#N)c1. The van der Waals surface area contributed by atoms with Crippen molar-refractivity contribution in [2.45, 2.75) is 0 Å². The highest BCUT2D eigenvalue weighted by molar-refractivity contribution is 5.92.